The van der Waals surface area contributed by atoms with Gasteiger partial charge in [0.05, 0.1) is 0 Å². The van der Waals surface area contributed by atoms with Crippen molar-refractivity contribution in [1.29, 1.82) is 0 Å². The molecule has 0 spiro atoms. The van der Waals surface area contributed by atoms with Gasteiger partial charge in [-0.15, -0.1) is 11.8 Å². The molecule has 3 unspecified atom stereocenters. The predicted molar refractivity (Wildman–Crippen MR) is 88.2 cm³/mol. The van der Waals surface area contributed by atoms with Crippen LogP contribution in [0.5, 0.6) is 0 Å². The molecule has 1 heteroatoms. The maximum absolute atomic E-state index is 2.49. The Morgan fingerprint density at radius 1 is 1.00 bits per heavy atom. The summed E-state index contributed by atoms with van der Waals surface area (Å²) in [4.78, 5) is 1.44. The lowest BCUT2D eigenvalue weighted by Crippen LogP contribution is -2.41. The zero-order valence-electron chi connectivity index (χ0n) is 12.5. The van der Waals surface area contributed by atoms with E-state index in [0.29, 0.717) is 10.2 Å². The Morgan fingerprint density at radius 2 is 1.75 bits per heavy atom. The fourth-order valence-electron chi connectivity index (χ4n) is 4.64. The highest BCUT2D eigenvalue weighted by molar-refractivity contribution is 8.00. The zero-order valence-corrected chi connectivity index (χ0v) is 13.3. The third-order valence-electron chi connectivity index (χ3n) is 5.93. The molecule has 0 aromatic heterocycles. The summed E-state index contributed by atoms with van der Waals surface area (Å²) in [7, 11) is 0. The predicted octanol–water partition coefficient (Wildman–Crippen LogP) is 5.76. The molecule has 104 valence electrons. The molecule has 2 aromatic carbocycles. The van der Waals surface area contributed by atoms with Gasteiger partial charge in [-0.3, -0.25) is 0 Å². The second kappa shape index (κ2) is 4.04. The minimum absolute atomic E-state index is 0.441. The van der Waals surface area contributed by atoms with Crippen molar-refractivity contribution < 1.29 is 0 Å². The summed E-state index contributed by atoms with van der Waals surface area (Å²) in [5.74, 6) is 1.84. The smallest absolute Gasteiger partial charge is 0.0215 e. The van der Waals surface area contributed by atoms with E-state index in [1.807, 2.05) is 0 Å². The highest BCUT2D eigenvalue weighted by atomic mass is 32.2. The van der Waals surface area contributed by atoms with Crippen molar-refractivity contribution in [3.63, 3.8) is 0 Å². The number of rotatable bonds is 2. The second-order valence-electron chi connectivity index (χ2n) is 7.43. The maximum Gasteiger partial charge on any atom is 0.0215 e. The summed E-state index contributed by atoms with van der Waals surface area (Å²) in [6.07, 6.45) is 2.84. The van der Waals surface area contributed by atoms with Crippen molar-refractivity contribution in [2.75, 3.05) is 0 Å². The van der Waals surface area contributed by atoms with Gasteiger partial charge in [0.15, 0.2) is 0 Å². The fraction of sp³-hybridized carbons (Fsp3) is 0.474. The highest BCUT2D eigenvalue weighted by Gasteiger charge is 2.63. The van der Waals surface area contributed by atoms with Gasteiger partial charge in [0.2, 0.25) is 0 Å². The first-order valence-corrected chi connectivity index (χ1v) is 8.48. The van der Waals surface area contributed by atoms with E-state index in [1.54, 1.807) is 0 Å². The van der Waals surface area contributed by atoms with E-state index in [4.69, 9.17) is 0 Å². The van der Waals surface area contributed by atoms with Crippen LogP contribution in [-0.4, -0.2) is 4.75 Å². The molecular formula is C19H22S. The van der Waals surface area contributed by atoms with Crippen LogP contribution in [0.3, 0.4) is 0 Å². The van der Waals surface area contributed by atoms with Crippen LogP contribution in [0, 0.1) is 17.3 Å². The summed E-state index contributed by atoms with van der Waals surface area (Å²) in [6, 6.07) is 15.6. The first-order valence-electron chi connectivity index (χ1n) is 7.67. The van der Waals surface area contributed by atoms with Gasteiger partial charge in [-0.1, -0.05) is 44.2 Å². The van der Waals surface area contributed by atoms with Crippen LogP contribution >= 0.6 is 11.8 Å². The topological polar surface area (TPSA) is 0 Å². The van der Waals surface area contributed by atoms with Crippen molar-refractivity contribution >= 4 is 22.5 Å². The van der Waals surface area contributed by atoms with Crippen LogP contribution in [0.25, 0.3) is 10.8 Å². The second-order valence-corrected chi connectivity index (χ2v) is 9.04. The Hall–Kier alpha value is -0.950. The van der Waals surface area contributed by atoms with Gasteiger partial charge in [-0.05, 0) is 59.9 Å². The average molecular weight is 282 g/mol. The Balaban J connectivity index is 1.65. The van der Waals surface area contributed by atoms with Gasteiger partial charge < -0.3 is 0 Å². The van der Waals surface area contributed by atoms with E-state index in [2.05, 4.69) is 75.0 Å². The minimum Gasteiger partial charge on any atom is -0.119 e. The normalized spacial score (nSPS) is 34.1. The summed E-state index contributed by atoms with van der Waals surface area (Å²) in [6.45, 7) is 7.43. The highest BCUT2D eigenvalue weighted by Crippen LogP contribution is 2.70. The SMILES string of the molecule is CC1(Sc2ccc3ccccc3c2)CC2CC1C2(C)C. The molecule has 3 atom stereocenters. The van der Waals surface area contributed by atoms with Crippen molar-refractivity contribution in [2.45, 2.75) is 43.3 Å². The first-order chi connectivity index (χ1) is 9.49. The van der Waals surface area contributed by atoms with Crippen LogP contribution in [0.1, 0.15) is 33.6 Å². The molecule has 3 aliphatic rings. The summed E-state index contributed by atoms with van der Waals surface area (Å²) in [5.41, 5.74) is 0.568. The lowest BCUT2D eigenvalue weighted by Gasteiger charge is -2.47. The Labute approximate surface area is 126 Å². The molecular weight excluding hydrogens is 260 g/mol. The Kier molecular flexibility index (Phi) is 2.58. The summed E-state index contributed by atoms with van der Waals surface area (Å²) >= 11 is 2.12. The Morgan fingerprint density at radius 3 is 2.40 bits per heavy atom. The molecule has 2 bridgehead atoms. The van der Waals surface area contributed by atoms with Crippen LogP contribution in [0.2, 0.25) is 0 Å². The molecule has 5 rings (SSSR count). The number of fused-ring (bicyclic) bond motifs is 2. The van der Waals surface area contributed by atoms with Crippen LogP contribution < -0.4 is 0 Å². The molecule has 20 heavy (non-hydrogen) atoms. The van der Waals surface area contributed by atoms with Gasteiger partial charge in [0.25, 0.3) is 0 Å². The maximum atomic E-state index is 2.49. The molecule has 3 aliphatic carbocycles. The molecule has 0 N–H and O–H groups in total. The number of hydrogen-bond acceptors (Lipinski definition) is 1. The first kappa shape index (κ1) is 12.8. The number of thioether (sulfide) groups is 1. The van der Waals surface area contributed by atoms with E-state index in [1.165, 1.54) is 28.5 Å². The van der Waals surface area contributed by atoms with Crippen LogP contribution in [-0.2, 0) is 0 Å². The third kappa shape index (κ3) is 1.69. The van der Waals surface area contributed by atoms with Gasteiger partial charge in [-0.2, -0.15) is 0 Å². The van der Waals surface area contributed by atoms with E-state index >= 15 is 0 Å². The average Bonchev–Trinajstić information content (AvgIpc) is 2.87. The number of hydrogen-bond donors (Lipinski definition) is 0. The van der Waals surface area contributed by atoms with Crippen molar-refractivity contribution in [3.8, 4) is 0 Å². The van der Waals surface area contributed by atoms with Crippen molar-refractivity contribution in [1.82, 2.24) is 0 Å². The van der Waals surface area contributed by atoms with Gasteiger partial charge in [0.1, 0.15) is 0 Å². The molecule has 0 radical (unpaired) electrons. The standard InChI is InChI=1S/C19H22S/c1-18(2)15-11-17(18)19(3,12-15)20-16-9-8-13-6-4-5-7-14(13)10-16/h4-10,15,17H,11-12H2,1-3H3. The van der Waals surface area contributed by atoms with E-state index in [-0.39, 0.29) is 0 Å². The quantitative estimate of drug-likeness (QED) is 0.675. The lowest BCUT2D eigenvalue weighted by molar-refractivity contribution is 0.0457. The largest absolute Gasteiger partial charge is 0.119 e. The number of benzene rings is 2. The van der Waals surface area contributed by atoms with Crippen LogP contribution in [0.4, 0.5) is 0 Å². The minimum atomic E-state index is 0.441. The molecule has 3 saturated carbocycles. The van der Waals surface area contributed by atoms with Crippen molar-refractivity contribution in [2.24, 2.45) is 17.3 Å². The lowest BCUT2D eigenvalue weighted by atomic mass is 9.60. The van der Waals surface area contributed by atoms with Crippen molar-refractivity contribution in [3.05, 3.63) is 42.5 Å². The molecule has 0 saturated heterocycles. The van der Waals surface area contributed by atoms with Gasteiger partial charge >= 0.3 is 0 Å². The van der Waals surface area contributed by atoms with E-state index < -0.39 is 0 Å². The van der Waals surface area contributed by atoms with Gasteiger partial charge in [-0.25, -0.2) is 0 Å². The molecule has 3 fully saturated rings. The monoisotopic (exact) mass is 282 g/mol. The third-order valence-corrected chi connectivity index (χ3v) is 7.34. The molecule has 0 nitrogen and oxygen atoms in total. The Bertz CT molecular complexity index is 672. The van der Waals surface area contributed by atoms with Crippen LogP contribution in [0.15, 0.2) is 47.4 Å². The zero-order chi connectivity index (χ0) is 14.0. The summed E-state index contributed by atoms with van der Waals surface area (Å²) < 4.78 is 0.441. The molecule has 0 aliphatic heterocycles. The summed E-state index contributed by atoms with van der Waals surface area (Å²) in [5, 5.41) is 2.71. The van der Waals surface area contributed by atoms with Gasteiger partial charge in [0, 0.05) is 9.64 Å². The molecule has 0 heterocycles. The van der Waals surface area contributed by atoms with E-state index in [0.717, 1.165) is 11.8 Å². The molecule has 0 amide bonds. The molecule has 2 aromatic rings. The van der Waals surface area contributed by atoms with E-state index in [9.17, 15) is 0 Å². The fourth-order valence-corrected chi connectivity index (χ4v) is 6.33.